The number of thioether (sulfide) groups is 2. The average molecular weight is 449 g/mol. The van der Waals surface area contributed by atoms with Crippen LogP contribution in [0.3, 0.4) is 0 Å². The maximum atomic E-state index is 12.8. The average Bonchev–Trinajstić information content (AvgIpc) is 2.77. The number of aromatic nitrogens is 1. The molecule has 3 unspecified atom stereocenters. The topological polar surface area (TPSA) is 33.2 Å². The van der Waals surface area contributed by atoms with Gasteiger partial charge < -0.3 is 4.90 Å². The second-order valence-electron chi connectivity index (χ2n) is 7.51. The molecule has 0 radical (unpaired) electrons. The summed E-state index contributed by atoms with van der Waals surface area (Å²) in [5.41, 5.74) is 2.13. The lowest BCUT2D eigenvalue weighted by atomic mass is 10.00. The number of carbonyl (C=O) groups is 1. The molecule has 1 heterocycles. The first kappa shape index (κ1) is 22.5. The van der Waals surface area contributed by atoms with Crippen LogP contribution < -0.4 is 0 Å². The molecular weight excluding hydrogens is 420 g/mol. The van der Waals surface area contributed by atoms with Crippen LogP contribution in [0.5, 0.6) is 0 Å². The van der Waals surface area contributed by atoms with Gasteiger partial charge in [-0.2, -0.15) is 11.8 Å². The Morgan fingerprint density at radius 2 is 1.83 bits per heavy atom. The summed E-state index contributed by atoms with van der Waals surface area (Å²) in [5, 5.41) is 1.95. The molecule has 0 N–H and O–H groups in total. The van der Waals surface area contributed by atoms with Crippen molar-refractivity contribution in [3.63, 3.8) is 0 Å². The van der Waals surface area contributed by atoms with Gasteiger partial charge in [0.05, 0.1) is 17.5 Å². The van der Waals surface area contributed by atoms with E-state index >= 15 is 0 Å². The molecule has 0 aliphatic heterocycles. The highest BCUT2D eigenvalue weighted by Gasteiger charge is 2.28. The summed E-state index contributed by atoms with van der Waals surface area (Å²) in [6.07, 6.45) is 6.73. The predicted octanol–water partition coefficient (Wildman–Crippen LogP) is 6.23. The van der Waals surface area contributed by atoms with Crippen molar-refractivity contribution >= 4 is 41.0 Å². The van der Waals surface area contributed by atoms with Gasteiger partial charge in [0.2, 0.25) is 5.91 Å². The monoisotopic (exact) mass is 448 g/mol. The lowest BCUT2D eigenvalue weighted by Gasteiger charge is -2.31. The first-order chi connectivity index (χ1) is 14.1. The van der Waals surface area contributed by atoms with Crippen LogP contribution in [0.15, 0.2) is 48.7 Å². The smallest absolute Gasteiger partial charge is 0.232 e. The zero-order valence-corrected chi connectivity index (χ0v) is 19.5. The molecule has 6 heteroatoms. The van der Waals surface area contributed by atoms with Gasteiger partial charge in [-0.25, -0.2) is 0 Å². The van der Waals surface area contributed by atoms with E-state index in [1.54, 1.807) is 6.20 Å². The molecule has 2 aromatic rings. The Morgan fingerprint density at radius 3 is 2.52 bits per heavy atom. The summed E-state index contributed by atoms with van der Waals surface area (Å²) in [6.45, 7) is 2.04. The van der Waals surface area contributed by atoms with Crippen LogP contribution in [0.25, 0.3) is 0 Å². The van der Waals surface area contributed by atoms with Gasteiger partial charge in [0.25, 0.3) is 0 Å². The lowest BCUT2D eigenvalue weighted by Crippen LogP contribution is -2.33. The predicted molar refractivity (Wildman–Crippen MR) is 127 cm³/mol. The first-order valence-electron chi connectivity index (χ1n) is 10.2. The van der Waals surface area contributed by atoms with Crippen molar-refractivity contribution in [2.24, 2.45) is 0 Å². The van der Waals surface area contributed by atoms with Crippen LogP contribution in [0.4, 0.5) is 0 Å². The van der Waals surface area contributed by atoms with E-state index in [-0.39, 0.29) is 11.9 Å². The quantitative estimate of drug-likeness (QED) is 0.479. The Morgan fingerprint density at radius 1 is 1.14 bits per heavy atom. The fraction of sp³-hybridized carbons (Fsp3) is 0.478. The Bertz CT molecular complexity index is 789. The van der Waals surface area contributed by atoms with Crippen LogP contribution in [0, 0.1) is 0 Å². The third-order valence-corrected chi connectivity index (χ3v) is 8.98. The Labute approximate surface area is 188 Å². The number of carbonyl (C=O) groups excluding carboxylic acids is 1. The Hall–Kier alpha value is -1.17. The third-order valence-electron chi connectivity index (χ3n) is 5.56. The number of rotatable bonds is 8. The Kier molecular flexibility index (Phi) is 8.76. The summed E-state index contributed by atoms with van der Waals surface area (Å²) in [6, 6.07) is 13.9. The SMILES string of the molecule is CC(c1ccccn1)N(C)C(=O)CSC1CCCCC1SCc1ccccc1Cl. The van der Waals surface area contributed by atoms with E-state index in [1.807, 2.05) is 78.8 Å². The Balaban J connectivity index is 1.52. The van der Waals surface area contributed by atoms with Crippen LogP contribution in [-0.4, -0.2) is 39.1 Å². The lowest BCUT2D eigenvalue weighted by molar-refractivity contribution is -0.129. The summed E-state index contributed by atoms with van der Waals surface area (Å²) in [7, 11) is 1.88. The maximum absolute atomic E-state index is 12.8. The summed E-state index contributed by atoms with van der Waals surface area (Å²) < 4.78 is 0. The van der Waals surface area contributed by atoms with E-state index < -0.39 is 0 Å². The van der Waals surface area contributed by atoms with Crippen molar-refractivity contribution in [1.82, 2.24) is 9.88 Å². The van der Waals surface area contributed by atoms with Crippen molar-refractivity contribution < 1.29 is 4.79 Å². The summed E-state index contributed by atoms with van der Waals surface area (Å²) in [5.74, 6) is 1.64. The fourth-order valence-corrected chi connectivity index (χ4v) is 6.90. The highest BCUT2D eigenvalue weighted by Crippen LogP contribution is 2.38. The molecule has 3 rings (SSSR count). The number of amides is 1. The molecule has 29 heavy (non-hydrogen) atoms. The van der Waals surface area contributed by atoms with Gasteiger partial charge in [-0.1, -0.05) is 48.7 Å². The van der Waals surface area contributed by atoms with Gasteiger partial charge in [0.15, 0.2) is 0 Å². The summed E-state index contributed by atoms with van der Waals surface area (Å²) in [4.78, 5) is 19.0. The van der Waals surface area contributed by atoms with Crippen molar-refractivity contribution in [3.8, 4) is 0 Å². The number of halogens is 1. The van der Waals surface area contributed by atoms with Crippen molar-refractivity contribution in [2.45, 2.75) is 54.9 Å². The summed E-state index contributed by atoms with van der Waals surface area (Å²) >= 11 is 10.1. The molecule has 1 aliphatic carbocycles. The normalized spacial score (nSPS) is 20.2. The van der Waals surface area contributed by atoms with Crippen LogP contribution >= 0.6 is 35.1 Å². The second kappa shape index (κ2) is 11.3. The zero-order chi connectivity index (χ0) is 20.6. The van der Waals surface area contributed by atoms with E-state index in [1.165, 1.54) is 31.2 Å². The van der Waals surface area contributed by atoms with Crippen LogP contribution in [-0.2, 0) is 10.5 Å². The maximum Gasteiger partial charge on any atom is 0.232 e. The van der Waals surface area contributed by atoms with E-state index in [0.717, 1.165) is 16.5 Å². The van der Waals surface area contributed by atoms with Crippen molar-refractivity contribution in [2.75, 3.05) is 12.8 Å². The largest absolute Gasteiger partial charge is 0.337 e. The highest BCUT2D eigenvalue weighted by atomic mass is 35.5. The fourth-order valence-electron chi connectivity index (χ4n) is 3.57. The van der Waals surface area contributed by atoms with Crippen LogP contribution in [0.2, 0.25) is 5.02 Å². The van der Waals surface area contributed by atoms with Crippen LogP contribution in [0.1, 0.15) is 49.9 Å². The van der Waals surface area contributed by atoms with E-state index in [4.69, 9.17) is 11.6 Å². The minimum atomic E-state index is -0.0129. The van der Waals surface area contributed by atoms with Gasteiger partial charge in [0, 0.05) is 34.5 Å². The molecule has 1 aliphatic rings. The highest BCUT2D eigenvalue weighted by molar-refractivity contribution is 8.03. The molecular formula is C23H29ClN2OS2. The minimum absolute atomic E-state index is 0.0129. The number of hydrogen-bond acceptors (Lipinski definition) is 4. The molecule has 156 valence electrons. The van der Waals surface area contributed by atoms with E-state index in [0.29, 0.717) is 16.3 Å². The third kappa shape index (κ3) is 6.40. The number of benzene rings is 1. The molecule has 1 fully saturated rings. The number of hydrogen-bond donors (Lipinski definition) is 0. The van der Waals surface area contributed by atoms with Crippen molar-refractivity contribution in [3.05, 3.63) is 64.9 Å². The number of nitrogens with zero attached hydrogens (tertiary/aromatic N) is 2. The molecule has 0 spiro atoms. The molecule has 1 saturated carbocycles. The molecule has 1 aromatic carbocycles. The standard InChI is InChI=1S/C23H29ClN2OS2/c1-17(20-11-7-8-14-25-20)26(2)23(27)16-29-22-13-6-5-12-21(22)28-15-18-9-3-4-10-19(18)24/h3-4,7-11,14,17,21-22H,5-6,12-13,15-16H2,1-2H3. The van der Waals surface area contributed by atoms with Gasteiger partial charge in [-0.15, -0.1) is 11.8 Å². The van der Waals surface area contributed by atoms with Gasteiger partial charge in [-0.3, -0.25) is 9.78 Å². The molecule has 0 bridgehead atoms. The van der Waals surface area contributed by atoms with Gasteiger partial charge >= 0.3 is 0 Å². The second-order valence-corrected chi connectivity index (χ2v) is 10.4. The van der Waals surface area contributed by atoms with Gasteiger partial charge in [-0.05, 0) is 43.5 Å². The first-order valence-corrected chi connectivity index (χ1v) is 12.7. The molecule has 1 amide bonds. The van der Waals surface area contributed by atoms with E-state index in [2.05, 4.69) is 11.1 Å². The molecule has 0 saturated heterocycles. The van der Waals surface area contributed by atoms with Gasteiger partial charge in [0.1, 0.15) is 0 Å². The number of pyridine rings is 1. The van der Waals surface area contributed by atoms with E-state index in [9.17, 15) is 4.79 Å². The molecule has 3 nitrogen and oxygen atoms in total. The van der Waals surface area contributed by atoms with Crippen molar-refractivity contribution in [1.29, 1.82) is 0 Å². The minimum Gasteiger partial charge on any atom is -0.337 e. The zero-order valence-electron chi connectivity index (χ0n) is 17.1. The molecule has 1 aromatic heterocycles. The molecule has 3 atom stereocenters.